The molecular weight excluding hydrogens is 398 g/mol. The van der Waals surface area contributed by atoms with Crippen LogP contribution in [0.4, 0.5) is 0 Å². The zero-order chi connectivity index (χ0) is 19.6. The quantitative estimate of drug-likeness (QED) is 0.775. The summed E-state index contributed by atoms with van der Waals surface area (Å²) in [4.78, 5) is 13.5. The second-order valence-electron chi connectivity index (χ2n) is 6.83. The number of benzene rings is 2. The van der Waals surface area contributed by atoms with Gasteiger partial charge in [-0.2, -0.15) is 0 Å². The van der Waals surface area contributed by atoms with E-state index < -0.39 is 9.84 Å². The minimum atomic E-state index is -2.94. The Morgan fingerprint density at radius 2 is 1.96 bits per heavy atom. The lowest BCUT2D eigenvalue weighted by atomic mass is 10.1. The second-order valence-corrected chi connectivity index (χ2v) is 10.4. The Balaban J connectivity index is 1.36. The number of amides is 1. The largest absolute Gasteiger partial charge is 0.454 e. The number of ether oxygens (including phenoxy) is 2. The summed E-state index contributed by atoms with van der Waals surface area (Å²) in [6.07, 6.45) is 1.31. The van der Waals surface area contributed by atoms with E-state index in [4.69, 9.17) is 9.47 Å². The molecule has 4 rings (SSSR count). The summed E-state index contributed by atoms with van der Waals surface area (Å²) in [5.74, 6) is 1.74. The minimum Gasteiger partial charge on any atom is -0.454 e. The molecule has 0 spiro atoms. The van der Waals surface area contributed by atoms with Crippen molar-refractivity contribution in [1.82, 2.24) is 5.32 Å². The first-order chi connectivity index (χ1) is 13.5. The van der Waals surface area contributed by atoms with Gasteiger partial charge in [0, 0.05) is 16.7 Å². The fourth-order valence-corrected chi connectivity index (χ4v) is 6.93. The Kier molecular flexibility index (Phi) is 5.50. The van der Waals surface area contributed by atoms with Gasteiger partial charge in [0.15, 0.2) is 21.3 Å². The number of nitrogens with one attached hydrogen (secondary N) is 1. The van der Waals surface area contributed by atoms with Crippen LogP contribution in [0.2, 0.25) is 0 Å². The van der Waals surface area contributed by atoms with Crippen molar-refractivity contribution in [3.63, 3.8) is 0 Å². The van der Waals surface area contributed by atoms with E-state index >= 15 is 0 Å². The molecule has 0 aromatic heterocycles. The highest BCUT2D eigenvalue weighted by molar-refractivity contribution is 8.02. The van der Waals surface area contributed by atoms with Gasteiger partial charge in [0.25, 0.3) is 5.91 Å². The van der Waals surface area contributed by atoms with Crippen molar-refractivity contribution in [3.05, 3.63) is 53.6 Å². The summed E-state index contributed by atoms with van der Waals surface area (Å²) in [5.41, 5.74) is 1.64. The van der Waals surface area contributed by atoms with Gasteiger partial charge >= 0.3 is 0 Å². The highest BCUT2D eigenvalue weighted by atomic mass is 32.2. The number of hydrogen-bond donors (Lipinski definition) is 1. The van der Waals surface area contributed by atoms with Crippen LogP contribution in [-0.2, 0) is 16.3 Å². The van der Waals surface area contributed by atoms with Crippen LogP contribution in [0.5, 0.6) is 11.5 Å². The fraction of sp³-hybridized carbons (Fsp3) is 0.350. The molecule has 0 bridgehead atoms. The minimum absolute atomic E-state index is 0.00702. The third-order valence-electron chi connectivity index (χ3n) is 4.75. The first-order valence-electron chi connectivity index (χ1n) is 9.13. The smallest absolute Gasteiger partial charge is 0.252 e. The van der Waals surface area contributed by atoms with Gasteiger partial charge in [-0.1, -0.05) is 18.2 Å². The standard InChI is InChI=1S/C20H21NO5S2/c22-20(21-9-7-14-5-6-17-18(11-14)26-13-25-17)16-3-1-2-4-19(16)27-15-8-10-28(23,24)12-15/h1-6,11,15H,7-10,12-13H2,(H,21,22)/t15-/m0/s1. The van der Waals surface area contributed by atoms with Crippen molar-refractivity contribution in [2.45, 2.75) is 23.0 Å². The summed E-state index contributed by atoms with van der Waals surface area (Å²) in [5, 5.41) is 2.96. The molecule has 1 saturated heterocycles. The van der Waals surface area contributed by atoms with E-state index in [9.17, 15) is 13.2 Å². The van der Waals surface area contributed by atoms with Crippen molar-refractivity contribution < 1.29 is 22.7 Å². The van der Waals surface area contributed by atoms with Gasteiger partial charge in [-0.25, -0.2) is 8.42 Å². The third-order valence-corrected chi connectivity index (χ3v) is 8.08. The predicted octanol–water partition coefficient (Wildman–Crippen LogP) is 2.67. The molecule has 8 heteroatoms. The van der Waals surface area contributed by atoms with E-state index in [2.05, 4.69) is 5.32 Å². The van der Waals surface area contributed by atoms with Crippen LogP contribution in [0.1, 0.15) is 22.3 Å². The first kappa shape index (κ1) is 19.1. The average molecular weight is 420 g/mol. The van der Waals surface area contributed by atoms with E-state index in [1.807, 2.05) is 36.4 Å². The zero-order valence-corrected chi connectivity index (χ0v) is 16.9. The Hall–Kier alpha value is -2.19. The molecule has 2 heterocycles. The van der Waals surface area contributed by atoms with E-state index in [1.54, 1.807) is 6.07 Å². The molecule has 1 N–H and O–H groups in total. The number of hydrogen-bond acceptors (Lipinski definition) is 6. The molecule has 0 unspecified atom stereocenters. The van der Waals surface area contributed by atoms with Crippen molar-refractivity contribution in [3.8, 4) is 11.5 Å². The molecular formula is C20H21NO5S2. The molecule has 2 aromatic rings. The predicted molar refractivity (Wildman–Crippen MR) is 108 cm³/mol. The Labute approximate surface area is 168 Å². The van der Waals surface area contributed by atoms with Crippen molar-refractivity contribution >= 4 is 27.5 Å². The van der Waals surface area contributed by atoms with Crippen LogP contribution in [0.15, 0.2) is 47.4 Å². The number of sulfone groups is 1. The molecule has 2 aliphatic heterocycles. The van der Waals surface area contributed by atoms with Gasteiger partial charge in [-0.15, -0.1) is 11.8 Å². The molecule has 0 saturated carbocycles. The molecule has 6 nitrogen and oxygen atoms in total. The molecule has 1 fully saturated rings. The third kappa shape index (κ3) is 4.44. The maximum Gasteiger partial charge on any atom is 0.252 e. The van der Waals surface area contributed by atoms with Crippen molar-refractivity contribution in [2.75, 3.05) is 24.8 Å². The summed E-state index contributed by atoms with van der Waals surface area (Å²) < 4.78 is 34.1. The number of fused-ring (bicyclic) bond motifs is 1. The second kappa shape index (κ2) is 8.05. The first-order valence-corrected chi connectivity index (χ1v) is 11.8. The Morgan fingerprint density at radius 1 is 1.14 bits per heavy atom. The molecule has 2 aromatic carbocycles. The Morgan fingerprint density at radius 3 is 2.79 bits per heavy atom. The molecule has 2 aliphatic rings. The fourth-order valence-electron chi connectivity index (χ4n) is 3.30. The number of rotatable bonds is 6. The van der Waals surface area contributed by atoms with Crippen molar-refractivity contribution in [2.24, 2.45) is 0 Å². The van der Waals surface area contributed by atoms with Gasteiger partial charge in [0.1, 0.15) is 0 Å². The highest BCUT2D eigenvalue weighted by Crippen LogP contribution is 2.34. The number of carbonyl (C=O) groups is 1. The van der Waals surface area contributed by atoms with E-state index in [-0.39, 0.29) is 29.5 Å². The lowest BCUT2D eigenvalue weighted by Crippen LogP contribution is -2.26. The lowest BCUT2D eigenvalue weighted by molar-refractivity contribution is 0.0951. The van der Waals surface area contributed by atoms with Crippen molar-refractivity contribution in [1.29, 1.82) is 0 Å². The summed E-state index contributed by atoms with van der Waals surface area (Å²) in [6.45, 7) is 0.738. The number of carbonyl (C=O) groups excluding carboxylic acids is 1. The van der Waals surface area contributed by atoms with Gasteiger partial charge in [0.05, 0.1) is 17.1 Å². The van der Waals surface area contributed by atoms with E-state index in [1.165, 1.54) is 11.8 Å². The van der Waals surface area contributed by atoms with Crippen LogP contribution in [0, 0.1) is 0 Å². The van der Waals surface area contributed by atoms with Gasteiger partial charge in [-0.05, 0) is 42.7 Å². The normalized spacial score (nSPS) is 19.5. The lowest BCUT2D eigenvalue weighted by Gasteiger charge is -2.13. The van der Waals surface area contributed by atoms with E-state index in [0.717, 1.165) is 22.0 Å². The molecule has 0 radical (unpaired) electrons. The molecule has 1 atom stereocenters. The van der Waals surface area contributed by atoms with Gasteiger partial charge < -0.3 is 14.8 Å². The Bertz CT molecular complexity index is 990. The highest BCUT2D eigenvalue weighted by Gasteiger charge is 2.29. The van der Waals surface area contributed by atoms with E-state index in [0.29, 0.717) is 24.9 Å². The summed E-state index contributed by atoms with van der Waals surface area (Å²) >= 11 is 1.48. The maximum absolute atomic E-state index is 12.7. The van der Waals surface area contributed by atoms with Crippen LogP contribution < -0.4 is 14.8 Å². The van der Waals surface area contributed by atoms with Crippen LogP contribution in [0.25, 0.3) is 0 Å². The molecule has 0 aliphatic carbocycles. The maximum atomic E-state index is 12.7. The number of thioether (sulfide) groups is 1. The van der Waals surface area contributed by atoms with Crippen LogP contribution in [-0.4, -0.2) is 44.4 Å². The zero-order valence-electron chi connectivity index (χ0n) is 15.2. The topological polar surface area (TPSA) is 81.7 Å². The molecule has 148 valence electrons. The van der Waals surface area contributed by atoms with Crippen LogP contribution >= 0.6 is 11.8 Å². The summed E-state index contributed by atoms with van der Waals surface area (Å²) in [6, 6.07) is 13.1. The van der Waals surface area contributed by atoms with Crippen LogP contribution in [0.3, 0.4) is 0 Å². The summed E-state index contributed by atoms with van der Waals surface area (Å²) in [7, 11) is -2.94. The monoisotopic (exact) mass is 419 g/mol. The van der Waals surface area contributed by atoms with Gasteiger partial charge in [0.2, 0.25) is 6.79 Å². The average Bonchev–Trinajstić information content (AvgIpc) is 3.27. The van der Waals surface area contributed by atoms with Gasteiger partial charge in [-0.3, -0.25) is 4.79 Å². The molecule has 1 amide bonds. The molecule has 28 heavy (non-hydrogen) atoms. The SMILES string of the molecule is O=C(NCCc1ccc2c(c1)OCO2)c1ccccc1S[C@H]1CCS(=O)(=O)C1.